The third kappa shape index (κ3) is 3.31. The second-order valence-electron chi connectivity index (χ2n) is 7.00. The van der Waals surface area contributed by atoms with Crippen molar-refractivity contribution < 1.29 is 9.53 Å². The highest BCUT2D eigenvalue weighted by atomic mass is 16.5. The van der Waals surface area contributed by atoms with Crippen LogP contribution < -0.4 is 10.3 Å². The van der Waals surface area contributed by atoms with Gasteiger partial charge in [0.1, 0.15) is 5.75 Å². The molecule has 0 fully saturated rings. The predicted molar refractivity (Wildman–Crippen MR) is 110 cm³/mol. The molecule has 1 aliphatic heterocycles. The molecule has 3 aromatic rings. The number of aromatic amines is 1. The van der Waals surface area contributed by atoms with Gasteiger partial charge in [0.05, 0.1) is 13.2 Å². The van der Waals surface area contributed by atoms with Crippen molar-refractivity contribution in [3.8, 4) is 5.75 Å². The van der Waals surface area contributed by atoms with E-state index in [9.17, 15) is 9.59 Å². The summed E-state index contributed by atoms with van der Waals surface area (Å²) >= 11 is 0. The lowest BCUT2D eigenvalue weighted by Crippen LogP contribution is -2.37. The largest absolute Gasteiger partial charge is 0.497 e. The van der Waals surface area contributed by atoms with Gasteiger partial charge >= 0.3 is 0 Å². The Morgan fingerprint density at radius 3 is 2.86 bits per heavy atom. The average Bonchev–Trinajstić information content (AvgIpc) is 2.72. The van der Waals surface area contributed by atoms with E-state index < -0.39 is 0 Å². The minimum atomic E-state index is -0.202. The molecule has 5 nitrogen and oxygen atoms in total. The van der Waals surface area contributed by atoms with Gasteiger partial charge in [-0.3, -0.25) is 9.59 Å². The molecule has 28 heavy (non-hydrogen) atoms. The standard InChI is InChI=1S/C23H22N2O3/c1-15-20-9-8-19(28-2)14-16(20)11-12-25(15)22(26)10-7-18-13-17-5-3-4-6-21(17)24-23(18)27/h3-10,13-15H,11-12H2,1-2H3,(H,24,27)/b10-7+. The molecule has 0 saturated carbocycles. The SMILES string of the molecule is COc1ccc2c(c1)CCN(C(=O)/C=C/c1cc3ccccc3[nH]c1=O)C2C. The van der Waals surface area contributed by atoms with Crippen LogP contribution in [0.1, 0.15) is 29.7 Å². The summed E-state index contributed by atoms with van der Waals surface area (Å²) in [5.41, 5.74) is 3.41. The fraction of sp³-hybridized carbons (Fsp3) is 0.217. The minimum Gasteiger partial charge on any atom is -0.497 e. The number of rotatable bonds is 3. The minimum absolute atomic E-state index is 0.0262. The smallest absolute Gasteiger partial charge is 0.255 e. The van der Waals surface area contributed by atoms with Gasteiger partial charge in [-0.05, 0) is 60.2 Å². The van der Waals surface area contributed by atoms with E-state index in [4.69, 9.17) is 4.74 Å². The monoisotopic (exact) mass is 374 g/mol. The van der Waals surface area contributed by atoms with E-state index in [1.165, 1.54) is 11.6 Å². The van der Waals surface area contributed by atoms with Crippen LogP contribution in [0.4, 0.5) is 0 Å². The Bertz CT molecular complexity index is 1130. The lowest BCUT2D eigenvalue weighted by molar-refractivity contribution is -0.128. The number of hydrogen-bond donors (Lipinski definition) is 1. The number of para-hydroxylation sites is 1. The van der Waals surface area contributed by atoms with E-state index in [1.807, 2.05) is 54.3 Å². The molecule has 0 aliphatic carbocycles. The van der Waals surface area contributed by atoms with Crippen LogP contribution in [0.5, 0.6) is 5.75 Å². The molecular weight excluding hydrogens is 352 g/mol. The van der Waals surface area contributed by atoms with Gasteiger partial charge in [-0.2, -0.15) is 0 Å². The van der Waals surface area contributed by atoms with Gasteiger partial charge in [-0.25, -0.2) is 0 Å². The maximum Gasteiger partial charge on any atom is 0.255 e. The first kappa shape index (κ1) is 18.0. The number of methoxy groups -OCH3 is 1. The summed E-state index contributed by atoms with van der Waals surface area (Å²) in [6.45, 7) is 2.66. The molecule has 1 N–H and O–H groups in total. The van der Waals surface area contributed by atoms with Crippen LogP contribution >= 0.6 is 0 Å². The molecule has 2 heterocycles. The zero-order valence-corrected chi connectivity index (χ0v) is 15.9. The van der Waals surface area contributed by atoms with Crippen molar-refractivity contribution in [2.45, 2.75) is 19.4 Å². The molecule has 0 bridgehead atoms. The second kappa shape index (κ2) is 7.35. The van der Waals surface area contributed by atoms with Gasteiger partial charge in [-0.15, -0.1) is 0 Å². The van der Waals surface area contributed by atoms with Gasteiger partial charge in [0.2, 0.25) is 5.91 Å². The molecule has 2 aromatic carbocycles. The number of carbonyl (C=O) groups is 1. The van der Waals surface area contributed by atoms with E-state index in [0.29, 0.717) is 12.1 Å². The zero-order chi connectivity index (χ0) is 19.7. The van der Waals surface area contributed by atoms with E-state index >= 15 is 0 Å². The highest BCUT2D eigenvalue weighted by molar-refractivity contribution is 5.93. The van der Waals surface area contributed by atoms with E-state index in [1.54, 1.807) is 19.3 Å². The van der Waals surface area contributed by atoms with E-state index in [0.717, 1.165) is 28.6 Å². The molecule has 0 saturated heterocycles. The molecule has 1 aromatic heterocycles. The number of fused-ring (bicyclic) bond motifs is 2. The van der Waals surface area contributed by atoms with Crippen LogP contribution in [-0.2, 0) is 11.2 Å². The summed E-state index contributed by atoms with van der Waals surface area (Å²) in [6.07, 6.45) is 3.88. The molecule has 1 atom stereocenters. The lowest BCUT2D eigenvalue weighted by atomic mass is 9.93. The number of nitrogens with zero attached hydrogens (tertiary/aromatic N) is 1. The molecule has 1 unspecified atom stereocenters. The average molecular weight is 374 g/mol. The van der Waals surface area contributed by atoms with Crippen molar-refractivity contribution in [3.63, 3.8) is 0 Å². The molecule has 1 amide bonds. The van der Waals surface area contributed by atoms with Crippen LogP contribution in [-0.4, -0.2) is 29.4 Å². The Morgan fingerprint density at radius 1 is 1.21 bits per heavy atom. The summed E-state index contributed by atoms with van der Waals surface area (Å²) in [5.74, 6) is 0.739. The molecule has 142 valence electrons. The van der Waals surface area contributed by atoms with Crippen molar-refractivity contribution in [3.05, 3.63) is 81.7 Å². The normalized spacial score (nSPS) is 16.4. The van der Waals surface area contributed by atoms with Crippen molar-refractivity contribution >= 4 is 22.9 Å². The second-order valence-corrected chi connectivity index (χ2v) is 7.00. The van der Waals surface area contributed by atoms with Gasteiger partial charge in [0.15, 0.2) is 0 Å². The number of hydrogen-bond acceptors (Lipinski definition) is 3. The van der Waals surface area contributed by atoms with Crippen LogP contribution in [0.3, 0.4) is 0 Å². The number of ether oxygens (including phenoxy) is 1. The number of nitrogens with one attached hydrogen (secondary N) is 1. The maximum atomic E-state index is 12.8. The van der Waals surface area contributed by atoms with Gasteiger partial charge in [0.25, 0.3) is 5.56 Å². The predicted octanol–water partition coefficient (Wildman–Crippen LogP) is 3.70. The fourth-order valence-corrected chi connectivity index (χ4v) is 3.78. The van der Waals surface area contributed by atoms with Crippen LogP contribution in [0.2, 0.25) is 0 Å². The van der Waals surface area contributed by atoms with E-state index in [2.05, 4.69) is 4.98 Å². The molecule has 4 rings (SSSR count). The summed E-state index contributed by atoms with van der Waals surface area (Å²) in [6, 6.07) is 15.4. The number of aromatic nitrogens is 1. The van der Waals surface area contributed by atoms with Crippen LogP contribution in [0, 0.1) is 0 Å². The Morgan fingerprint density at radius 2 is 2.04 bits per heavy atom. The molecule has 5 heteroatoms. The van der Waals surface area contributed by atoms with Crippen molar-refractivity contribution in [1.82, 2.24) is 9.88 Å². The number of carbonyl (C=O) groups excluding carboxylic acids is 1. The summed E-state index contributed by atoms with van der Waals surface area (Å²) in [4.78, 5) is 29.7. The highest BCUT2D eigenvalue weighted by Crippen LogP contribution is 2.32. The zero-order valence-electron chi connectivity index (χ0n) is 15.9. The fourth-order valence-electron chi connectivity index (χ4n) is 3.78. The summed E-state index contributed by atoms with van der Waals surface area (Å²) in [5, 5.41) is 0.934. The highest BCUT2D eigenvalue weighted by Gasteiger charge is 2.26. The lowest BCUT2D eigenvalue weighted by Gasteiger charge is -2.34. The third-order valence-corrected chi connectivity index (χ3v) is 5.36. The Balaban J connectivity index is 1.57. The van der Waals surface area contributed by atoms with E-state index in [-0.39, 0.29) is 17.5 Å². The van der Waals surface area contributed by atoms with Crippen LogP contribution in [0.25, 0.3) is 17.0 Å². The van der Waals surface area contributed by atoms with Gasteiger partial charge in [-0.1, -0.05) is 24.3 Å². The number of H-pyrrole nitrogens is 1. The number of amides is 1. The van der Waals surface area contributed by atoms with Crippen molar-refractivity contribution in [1.29, 1.82) is 0 Å². The maximum absolute atomic E-state index is 12.8. The topological polar surface area (TPSA) is 62.4 Å². The first-order chi connectivity index (χ1) is 13.6. The Hall–Kier alpha value is -3.34. The summed E-state index contributed by atoms with van der Waals surface area (Å²) in [7, 11) is 1.66. The molecular formula is C23H22N2O3. The number of benzene rings is 2. The molecule has 0 radical (unpaired) electrons. The summed E-state index contributed by atoms with van der Waals surface area (Å²) < 4.78 is 5.29. The van der Waals surface area contributed by atoms with Gasteiger partial charge in [0, 0.05) is 23.7 Å². The third-order valence-electron chi connectivity index (χ3n) is 5.36. The van der Waals surface area contributed by atoms with Crippen molar-refractivity contribution in [2.75, 3.05) is 13.7 Å². The first-order valence-corrected chi connectivity index (χ1v) is 9.34. The Labute approximate surface area is 163 Å². The van der Waals surface area contributed by atoms with Crippen molar-refractivity contribution in [2.24, 2.45) is 0 Å². The quantitative estimate of drug-likeness (QED) is 0.711. The van der Waals surface area contributed by atoms with Crippen LogP contribution in [0.15, 0.2) is 59.4 Å². The molecule has 0 spiro atoms. The molecule has 1 aliphatic rings. The van der Waals surface area contributed by atoms with Gasteiger partial charge < -0.3 is 14.6 Å². The Kier molecular flexibility index (Phi) is 4.74. The first-order valence-electron chi connectivity index (χ1n) is 9.34. The number of pyridine rings is 1.